The first kappa shape index (κ1) is 56.2. The average molecular weight is 942 g/mol. The molecule has 1 saturated carbocycles. The molecule has 3 aliphatic heterocycles. The lowest BCUT2D eigenvalue weighted by Gasteiger charge is -2.45. The van der Waals surface area contributed by atoms with Gasteiger partial charge in [-0.1, -0.05) is 64.2 Å². The van der Waals surface area contributed by atoms with E-state index < -0.39 is 77.6 Å². The van der Waals surface area contributed by atoms with Crippen LogP contribution >= 0.6 is 0 Å². The number of amides is 1. The van der Waals surface area contributed by atoms with Gasteiger partial charge in [-0.25, -0.2) is 4.79 Å². The minimum atomic E-state index is -1.54. The molecule has 14 heteroatoms. The van der Waals surface area contributed by atoms with E-state index in [9.17, 15) is 34.2 Å². The molecule has 67 heavy (non-hydrogen) atoms. The number of esters is 1. The van der Waals surface area contributed by atoms with E-state index in [2.05, 4.69) is 0 Å². The van der Waals surface area contributed by atoms with Crippen LogP contribution < -0.4 is 0 Å². The average Bonchev–Trinajstić information content (AvgIpc) is 3.30. The van der Waals surface area contributed by atoms with Crippen LogP contribution in [-0.2, 0) is 52.4 Å². The van der Waals surface area contributed by atoms with Gasteiger partial charge in [0.15, 0.2) is 5.78 Å². The van der Waals surface area contributed by atoms with Gasteiger partial charge in [-0.2, -0.15) is 0 Å². The van der Waals surface area contributed by atoms with Gasteiger partial charge in [0, 0.05) is 65.6 Å². The van der Waals surface area contributed by atoms with Crippen molar-refractivity contribution in [1.29, 1.82) is 0 Å². The number of allylic oxidation sites excluding steroid dienone is 6. The van der Waals surface area contributed by atoms with E-state index in [0.29, 0.717) is 63.4 Å². The van der Waals surface area contributed by atoms with Crippen LogP contribution in [0.4, 0.5) is 0 Å². The summed E-state index contributed by atoms with van der Waals surface area (Å²) >= 11 is 0. The Labute approximate surface area is 400 Å². The minimum Gasteiger partial charge on any atom is -0.460 e. The summed E-state index contributed by atoms with van der Waals surface area (Å²) in [7, 11) is 6.15. The number of aliphatic hydroxyl groups is 2. The molecular formula is C53H83NO13. The topological polar surface area (TPSA) is 184 Å². The quantitative estimate of drug-likeness (QED) is 0.146. The summed E-state index contributed by atoms with van der Waals surface area (Å²) in [6.45, 7) is 13.2. The fourth-order valence-corrected chi connectivity index (χ4v) is 10.7. The van der Waals surface area contributed by atoms with Crippen molar-refractivity contribution in [1.82, 2.24) is 4.90 Å². The number of ketones is 3. The molecule has 0 radical (unpaired) electrons. The van der Waals surface area contributed by atoms with E-state index in [1.54, 1.807) is 48.2 Å². The van der Waals surface area contributed by atoms with Crippen molar-refractivity contribution in [3.8, 4) is 0 Å². The first-order valence-electron chi connectivity index (χ1n) is 24.7. The molecule has 15 atom stereocenters. The maximum absolute atomic E-state index is 14.7. The van der Waals surface area contributed by atoms with E-state index in [1.165, 1.54) is 12.0 Å². The Kier molecular flexibility index (Phi) is 22.3. The summed E-state index contributed by atoms with van der Waals surface area (Å²) in [5, 5.41) is 22.0. The van der Waals surface area contributed by atoms with Crippen LogP contribution in [-0.4, -0.2) is 140 Å². The molecule has 4 aliphatic rings. The first-order valence-corrected chi connectivity index (χ1v) is 24.7. The standard InChI is InChI=1S/C53H83NO13/c1-32-17-13-12-14-18-33(2)44(63-9)29-40-22-21-39(31-62-8)53(7,67-40)50(59)51(60)54-24-16-15-19-41(54)52(61)66-45(35(4)27-38-20-23-42(55)46(28-38)64-10)30-43(56)34(3)26-37(6)48(58)49(65-11)47(57)36(5)25-32/h12-14,17-18,26,32,34-36,38-42,44-46,48-49,55,58H,15-16,19-25,27-31H2,1-11H3/b14-12+,17-13+,33-18+,37-26+/t32-,34-,35-,36?,38?,39?,40+,41?,42-,44+,45+,46-,48-,49+,53?/m1/s1. The van der Waals surface area contributed by atoms with Crippen molar-refractivity contribution in [2.24, 2.45) is 35.5 Å². The molecule has 0 aromatic carbocycles. The van der Waals surface area contributed by atoms with E-state index >= 15 is 0 Å². The van der Waals surface area contributed by atoms with E-state index in [1.807, 2.05) is 58.1 Å². The number of fused-ring (bicyclic) bond motifs is 3. The number of carbonyl (C=O) groups is 5. The van der Waals surface area contributed by atoms with Gasteiger partial charge < -0.3 is 43.5 Å². The number of hydrogen-bond acceptors (Lipinski definition) is 13. The van der Waals surface area contributed by atoms with Crippen LogP contribution in [0.15, 0.2) is 47.6 Å². The molecule has 1 amide bonds. The van der Waals surface area contributed by atoms with Crippen LogP contribution in [0.1, 0.15) is 126 Å². The molecule has 2 bridgehead atoms. The van der Waals surface area contributed by atoms with Gasteiger partial charge in [0.2, 0.25) is 0 Å². The molecule has 14 nitrogen and oxygen atoms in total. The number of rotatable bonds is 8. The lowest BCUT2D eigenvalue weighted by atomic mass is 9.77. The van der Waals surface area contributed by atoms with Gasteiger partial charge in [0.1, 0.15) is 35.7 Å². The second-order valence-corrected chi connectivity index (χ2v) is 20.3. The molecule has 0 spiro atoms. The van der Waals surface area contributed by atoms with Crippen molar-refractivity contribution in [2.75, 3.05) is 41.6 Å². The third kappa shape index (κ3) is 15.1. The Hall–Kier alpha value is -3.37. The number of piperidine rings is 1. The summed E-state index contributed by atoms with van der Waals surface area (Å²) in [6, 6.07) is -1.06. The number of cyclic esters (lactones) is 1. The van der Waals surface area contributed by atoms with Crippen molar-refractivity contribution in [2.45, 2.75) is 180 Å². The van der Waals surface area contributed by atoms with Gasteiger partial charge in [-0.05, 0) is 114 Å². The summed E-state index contributed by atoms with van der Waals surface area (Å²) in [6.07, 6.45) is 12.4. The summed E-state index contributed by atoms with van der Waals surface area (Å²) in [5.74, 6) is -4.46. The molecule has 2 N–H and O–H groups in total. The van der Waals surface area contributed by atoms with Gasteiger partial charge >= 0.3 is 5.97 Å². The lowest BCUT2D eigenvalue weighted by Crippen LogP contribution is -2.60. The monoisotopic (exact) mass is 942 g/mol. The third-order valence-electron chi connectivity index (χ3n) is 15.1. The highest BCUT2D eigenvalue weighted by Crippen LogP contribution is 2.39. The minimum absolute atomic E-state index is 0.0333. The van der Waals surface area contributed by atoms with Crippen molar-refractivity contribution < 1.29 is 62.6 Å². The number of hydrogen-bond donors (Lipinski definition) is 2. The Morgan fingerprint density at radius 1 is 0.851 bits per heavy atom. The Morgan fingerprint density at radius 2 is 1.58 bits per heavy atom. The smallest absolute Gasteiger partial charge is 0.329 e. The fourth-order valence-electron chi connectivity index (χ4n) is 10.7. The zero-order chi connectivity index (χ0) is 49.6. The number of nitrogens with zero attached hydrogens (tertiary/aromatic N) is 1. The van der Waals surface area contributed by atoms with Gasteiger partial charge in [-0.15, -0.1) is 0 Å². The SMILES string of the molecule is COCC1CC[C@H]2C[C@H](OC)/C(C)=C/C=C/C=C/[C@@H](C)CC(C)C(=O)[C@H](OC)[C@H](O)/C(C)=C/[C@@H](C)C(=O)C[C@@H]([C@H](C)CC3CC[C@@H](O)[C@H](OC)C3)OC(=O)C3CCCCN3C(=O)C(=O)C1(C)O2. The molecule has 3 heterocycles. The molecular weight excluding hydrogens is 859 g/mol. The van der Waals surface area contributed by atoms with Crippen LogP contribution in [0, 0.1) is 35.5 Å². The Bertz CT molecular complexity index is 1790. The summed E-state index contributed by atoms with van der Waals surface area (Å²) < 4.78 is 35.7. The Balaban J connectivity index is 1.73. The zero-order valence-corrected chi connectivity index (χ0v) is 42.3. The molecule has 0 aromatic heterocycles. The van der Waals surface area contributed by atoms with Gasteiger partial charge in [-0.3, -0.25) is 19.2 Å². The normalized spacial score (nSPS) is 39.6. The van der Waals surface area contributed by atoms with Crippen molar-refractivity contribution in [3.63, 3.8) is 0 Å². The predicted octanol–water partition coefficient (Wildman–Crippen LogP) is 6.88. The number of ether oxygens (including phenoxy) is 6. The summed E-state index contributed by atoms with van der Waals surface area (Å²) in [4.78, 5) is 73.0. The molecule has 4 rings (SSSR count). The van der Waals surface area contributed by atoms with Gasteiger partial charge in [0.25, 0.3) is 11.7 Å². The van der Waals surface area contributed by atoms with Crippen LogP contribution in [0.25, 0.3) is 0 Å². The largest absolute Gasteiger partial charge is 0.460 e. The second kappa shape index (κ2) is 26.6. The van der Waals surface area contributed by atoms with E-state index in [4.69, 9.17) is 28.4 Å². The molecule has 1 aliphatic carbocycles. The zero-order valence-electron chi connectivity index (χ0n) is 42.3. The molecule has 0 aromatic rings. The van der Waals surface area contributed by atoms with Crippen LogP contribution in [0.5, 0.6) is 0 Å². The third-order valence-corrected chi connectivity index (χ3v) is 15.1. The number of carbonyl (C=O) groups excluding carboxylic acids is 5. The highest BCUT2D eigenvalue weighted by Gasteiger charge is 2.52. The van der Waals surface area contributed by atoms with E-state index in [-0.39, 0.29) is 67.5 Å². The second-order valence-electron chi connectivity index (χ2n) is 20.3. The van der Waals surface area contributed by atoms with E-state index in [0.717, 1.165) is 12.0 Å². The molecule has 2 saturated heterocycles. The maximum atomic E-state index is 14.7. The van der Waals surface area contributed by atoms with Crippen LogP contribution in [0.3, 0.4) is 0 Å². The lowest BCUT2D eigenvalue weighted by molar-refractivity contribution is -0.190. The van der Waals surface area contributed by atoms with Crippen molar-refractivity contribution >= 4 is 29.2 Å². The fraction of sp³-hybridized carbons (Fsp3) is 0.755. The highest BCUT2D eigenvalue weighted by molar-refractivity contribution is 6.39. The van der Waals surface area contributed by atoms with Crippen molar-refractivity contribution in [3.05, 3.63) is 47.6 Å². The van der Waals surface area contributed by atoms with Gasteiger partial charge in [0.05, 0.1) is 31.0 Å². The predicted molar refractivity (Wildman–Crippen MR) is 255 cm³/mol. The number of aliphatic hydroxyl groups excluding tert-OH is 2. The maximum Gasteiger partial charge on any atom is 0.329 e. The summed E-state index contributed by atoms with van der Waals surface area (Å²) in [5.41, 5.74) is -0.199. The molecule has 5 unspecified atom stereocenters. The number of Topliss-reactive ketones (excluding diaryl/α,β-unsaturated/α-hetero) is 3. The highest BCUT2D eigenvalue weighted by atomic mass is 16.5. The first-order chi connectivity index (χ1) is 31.8. The number of methoxy groups -OCH3 is 4. The molecule has 3 fully saturated rings. The molecule has 378 valence electrons. The van der Waals surface area contributed by atoms with Crippen LogP contribution in [0.2, 0.25) is 0 Å². The Morgan fingerprint density at radius 3 is 2.25 bits per heavy atom.